The predicted octanol–water partition coefficient (Wildman–Crippen LogP) is 2.08. The third-order valence-corrected chi connectivity index (χ3v) is 7.47. The van der Waals surface area contributed by atoms with Crippen molar-refractivity contribution in [3.8, 4) is 0 Å². The summed E-state index contributed by atoms with van der Waals surface area (Å²) in [5, 5.41) is 7.29. The molecule has 1 atom stereocenters. The Morgan fingerprint density at radius 2 is 2.04 bits per heavy atom. The summed E-state index contributed by atoms with van der Waals surface area (Å²) in [6, 6.07) is 8.33. The standard InChI is InChI=1S/C19H23N3O3S/c23-17(8-12-26(24,25)16-5-2-1-3-6-16)22-11-4-9-19(14-22)10-7-15-13-20-21-18(15)19/h1-3,5-6,13H,4,7-12,14H2,(H,20,21). The number of rotatable bonds is 4. The summed E-state index contributed by atoms with van der Waals surface area (Å²) in [6.07, 6.45) is 5.93. The molecule has 1 N–H and O–H groups in total. The average molecular weight is 373 g/mol. The van der Waals surface area contributed by atoms with Crippen molar-refractivity contribution < 1.29 is 13.2 Å². The molecule has 0 bridgehead atoms. The Bertz CT molecular complexity index is 907. The first-order valence-corrected chi connectivity index (χ1v) is 10.7. The Balaban J connectivity index is 1.43. The molecule has 138 valence electrons. The van der Waals surface area contributed by atoms with Crippen molar-refractivity contribution in [2.24, 2.45) is 0 Å². The van der Waals surface area contributed by atoms with Crippen LogP contribution in [-0.4, -0.2) is 48.3 Å². The highest BCUT2D eigenvalue weighted by molar-refractivity contribution is 7.91. The van der Waals surface area contributed by atoms with Crippen LogP contribution in [0.3, 0.4) is 0 Å². The Morgan fingerprint density at radius 1 is 1.23 bits per heavy atom. The largest absolute Gasteiger partial charge is 0.342 e. The highest BCUT2D eigenvalue weighted by Gasteiger charge is 2.44. The van der Waals surface area contributed by atoms with E-state index in [1.807, 2.05) is 11.1 Å². The highest BCUT2D eigenvalue weighted by Crippen LogP contribution is 2.43. The van der Waals surface area contributed by atoms with E-state index >= 15 is 0 Å². The van der Waals surface area contributed by atoms with Crippen molar-refractivity contribution in [2.45, 2.75) is 42.4 Å². The Hall–Kier alpha value is -2.15. The number of hydrogen-bond acceptors (Lipinski definition) is 4. The molecule has 1 aliphatic heterocycles. The molecule has 6 nitrogen and oxygen atoms in total. The molecule has 2 aliphatic rings. The fourth-order valence-electron chi connectivity index (χ4n) is 4.34. The van der Waals surface area contributed by atoms with Gasteiger partial charge in [-0.15, -0.1) is 0 Å². The third-order valence-electron chi connectivity index (χ3n) is 5.74. The monoisotopic (exact) mass is 373 g/mol. The summed E-state index contributed by atoms with van der Waals surface area (Å²) in [6.45, 7) is 1.36. The molecule has 2 aromatic rings. The fourth-order valence-corrected chi connectivity index (χ4v) is 5.59. The first-order valence-electron chi connectivity index (χ1n) is 9.09. The summed E-state index contributed by atoms with van der Waals surface area (Å²) in [5.41, 5.74) is 2.40. The van der Waals surface area contributed by atoms with Crippen LogP contribution in [0, 0.1) is 0 Å². The number of sulfone groups is 1. The van der Waals surface area contributed by atoms with Gasteiger partial charge < -0.3 is 4.90 Å². The zero-order valence-electron chi connectivity index (χ0n) is 14.6. The SMILES string of the molecule is O=C(CCS(=O)(=O)c1ccccc1)N1CCCC2(CCc3cn[nH]c32)C1. The van der Waals surface area contributed by atoms with Gasteiger partial charge in [0.15, 0.2) is 9.84 Å². The van der Waals surface area contributed by atoms with E-state index < -0.39 is 9.84 Å². The Kier molecular flexibility index (Phi) is 4.34. The molecule has 1 saturated heterocycles. The molecule has 1 unspecified atom stereocenters. The van der Waals surface area contributed by atoms with Crippen molar-refractivity contribution in [1.29, 1.82) is 0 Å². The summed E-state index contributed by atoms with van der Waals surface area (Å²) in [7, 11) is -3.42. The van der Waals surface area contributed by atoms with Gasteiger partial charge in [-0.25, -0.2) is 8.42 Å². The van der Waals surface area contributed by atoms with E-state index in [1.165, 1.54) is 11.3 Å². The van der Waals surface area contributed by atoms with Crippen molar-refractivity contribution in [3.63, 3.8) is 0 Å². The highest BCUT2D eigenvalue weighted by atomic mass is 32.2. The molecule has 0 radical (unpaired) electrons. The van der Waals surface area contributed by atoms with Gasteiger partial charge in [-0.05, 0) is 43.4 Å². The summed E-state index contributed by atoms with van der Waals surface area (Å²) < 4.78 is 24.8. The number of likely N-dealkylation sites (tertiary alicyclic amines) is 1. The quantitative estimate of drug-likeness (QED) is 0.889. The van der Waals surface area contributed by atoms with Gasteiger partial charge in [-0.2, -0.15) is 5.10 Å². The van der Waals surface area contributed by atoms with Crippen LogP contribution < -0.4 is 0 Å². The number of aromatic amines is 1. The van der Waals surface area contributed by atoms with E-state index in [2.05, 4.69) is 10.2 Å². The second-order valence-electron chi connectivity index (χ2n) is 7.35. The van der Waals surface area contributed by atoms with Crippen molar-refractivity contribution in [2.75, 3.05) is 18.8 Å². The van der Waals surface area contributed by atoms with Gasteiger partial charge in [0, 0.05) is 30.6 Å². The number of carbonyl (C=O) groups excluding carboxylic acids is 1. The van der Waals surface area contributed by atoms with E-state index in [0.717, 1.165) is 25.7 Å². The van der Waals surface area contributed by atoms with Gasteiger partial charge >= 0.3 is 0 Å². The van der Waals surface area contributed by atoms with Gasteiger partial charge in [0.25, 0.3) is 0 Å². The molecule has 7 heteroatoms. The number of nitrogens with one attached hydrogen (secondary N) is 1. The first-order chi connectivity index (χ1) is 12.5. The molecule has 4 rings (SSSR count). The van der Waals surface area contributed by atoms with Gasteiger partial charge in [-0.3, -0.25) is 9.89 Å². The number of H-pyrrole nitrogens is 1. The van der Waals surface area contributed by atoms with Crippen LogP contribution in [0.25, 0.3) is 0 Å². The molecule has 1 aromatic heterocycles. The molecule has 2 heterocycles. The van der Waals surface area contributed by atoms with E-state index in [4.69, 9.17) is 0 Å². The van der Waals surface area contributed by atoms with Crippen LogP contribution in [-0.2, 0) is 26.5 Å². The Labute approximate surface area is 153 Å². The number of hydrogen-bond donors (Lipinski definition) is 1. The lowest BCUT2D eigenvalue weighted by Crippen LogP contribution is -2.48. The smallest absolute Gasteiger partial charge is 0.223 e. The maximum atomic E-state index is 12.7. The number of piperidine rings is 1. The maximum Gasteiger partial charge on any atom is 0.223 e. The normalized spacial score (nSPS) is 22.5. The predicted molar refractivity (Wildman–Crippen MR) is 97.5 cm³/mol. The second kappa shape index (κ2) is 6.54. The van der Waals surface area contributed by atoms with Gasteiger partial charge in [0.2, 0.25) is 5.91 Å². The molecule has 26 heavy (non-hydrogen) atoms. The van der Waals surface area contributed by atoms with Gasteiger partial charge in [-0.1, -0.05) is 18.2 Å². The molecular formula is C19H23N3O3S. The average Bonchev–Trinajstić information content (AvgIpc) is 3.26. The van der Waals surface area contributed by atoms with Crippen LogP contribution in [0.5, 0.6) is 0 Å². The zero-order chi connectivity index (χ0) is 18.2. The fraction of sp³-hybridized carbons (Fsp3) is 0.474. The van der Waals surface area contributed by atoms with Crippen LogP contribution in [0.4, 0.5) is 0 Å². The lowest BCUT2D eigenvalue weighted by Gasteiger charge is -2.40. The minimum Gasteiger partial charge on any atom is -0.342 e. The molecule has 1 spiro atoms. The number of benzene rings is 1. The molecule has 1 aliphatic carbocycles. The van der Waals surface area contributed by atoms with Crippen molar-refractivity contribution in [3.05, 3.63) is 47.8 Å². The van der Waals surface area contributed by atoms with Crippen LogP contribution in [0.2, 0.25) is 0 Å². The number of amides is 1. The molecule has 0 saturated carbocycles. The minimum absolute atomic E-state index is 0.0297. The Morgan fingerprint density at radius 3 is 2.85 bits per heavy atom. The van der Waals surface area contributed by atoms with Crippen LogP contribution in [0.1, 0.15) is 36.9 Å². The number of nitrogens with zero attached hydrogens (tertiary/aromatic N) is 2. The van der Waals surface area contributed by atoms with Gasteiger partial charge in [0.1, 0.15) is 0 Å². The van der Waals surface area contributed by atoms with Crippen LogP contribution in [0.15, 0.2) is 41.4 Å². The summed E-state index contributed by atoms with van der Waals surface area (Å²) in [5.74, 6) is -0.217. The van der Waals surface area contributed by atoms with Crippen molar-refractivity contribution >= 4 is 15.7 Å². The second-order valence-corrected chi connectivity index (χ2v) is 9.46. The van der Waals surface area contributed by atoms with Gasteiger partial charge in [0.05, 0.1) is 16.8 Å². The molecule has 1 amide bonds. The minimum atomic E-state index is -3.42. The summed E-state index contributed by atoms with van der Waals surface area (Å²) >= 11 is 0. The van der Waals surface area contributed by atoms with E-state index in [-0.39, 0.29) is 28.4 Å². The lowest BCUT2D eigenvalue weighted by atomic mass is 9.77. The third kappa shape index (κ3) is 3.05. The first kappa shape index (κ1) is 17.3. The topological polar surface area (TPSA) is 83.1 Å². The zero-order valence-corrected chi connectivity index (χ0v) is 15.5. The van der Waals surface area contributed by atoms with E-state index in [9.17, 15) is 13.2 Å². The molecule has 1 fully saturated rings. The number of fused-ring (bicyclic) bond motifs is 2. The van der Waals surface area contributed by atoms with Crippen molar-refractivity contribution in [1.82, 2.24) is 15.1 Å². The number of carbonyl (C=O) groups is 1. The van der Waals surface area contributed by atoms with Crippen LogP contribution >= 0.6 is 0 Å². The summed E-state index contributed by atoms with van der Waals surface area (Å²) in [4.78, 5) is 14.8. The molecule has 1 aromatic carbocycles. The van der Waals surface area contributed by atoms with E-state index in [0.29, 0.717) is 13.1 Å². The number of aryl methyl sites for hydroxylation is 1. The maximum absolute atomic E-state index is 12.7. The molecular weight excluding hydrogens is 350 g/mol. The number of aromatic nitrogens is 2. The lowest BCUT2D eigenvalue weighted by molar-refractivity contribution is -0.133. The van der Waals surface area contributed by atoms with E-state index in [1.54, 1.807) is 30.3 Å².